The first-order valence-corrected chi connectivity index (χ1v) is 4.36. The largest absolute Gasteiger partial charge is 0.469 e. The quantitative estimate of drug-likeness (QED) is 0.443. The molecule has 1 aliphatic rings. The maximum atomic E-state index is 11.4. The molecule has 0 saturated heterocycles. The highest BCUT2D eigenvalue weighted by Crippen LogP contribution is 2.37. The van der Waals surface area contributed by atoms with Crippen molar-refractivity contribution in [1.29, 1.82) is 0 Å². The van der Waals surface area contributed by atoms with Gasteiger partial charge in [0.1, 0.15) is 0 Å². The molecule has 0 aromatic heterocycles. The summed E-state index contributed by atoms with van der Waals surface area (Å²) < 4.78 is 4.79. The SMILES string of the molecule is COC(=O)[C@]1(C)CCC=C[C@H]1C. The van der Waals surface area contributed by atoms with Crippen LogP contribution in [0.2, 0.25) is 0 Å². The lowest BCUT2D eigenvalue weighted by atomic mass is 9.71. The molecule has 0 bridgehead atoms. The first-order chi connectivity index (χ1) is 5.61. The van der Waals surface area contributed by atoms with E-state index in [4.69, 9.17) is 4.74 Å². The van der Waals surface area contributed by atoms with Crippen molar-refractivity contribution in [2.45, 2.75) is 26.7 Å². The molecular formula is C10H16O2. The molecule has 0 spiro atoms. The third-order valence-corrected chi connectivity index (χ3v) is 2.91. The second kappa shape index (κ2) is 3.30. The van der Waals surface area contributed by atoms with Crippen LogP contribution >= 0.6 is 0 Å². The minimum absolute atomic E-state index is 0.0839. The van der Waals surface area contributed by atoms with Gasteiger partial charge in [-0.3, -0.25) is 4.79 Å². The van der Waals surface area contributed by atoms with Gasteiger partial charge >= 0.3 is 5.97 Å². The number of ether oxygens (including phenoxy) is 1. The van der Waals surface area contributed by atoms with E-state index in [1.165, 1.54) is 7.11 Å². The fourth-order valence-electron chi connectivity index (χ4n) is 1.64. The topological polar surface area (TPSA) is 26.3 Å². The molecule has 0 N–H and O–H groups in total. The standard InChI is InChI=1S/C10H16O2/c1-8-6-4-5-7-10(8,2)9(11)12-3/h4,6,8H,5,7H2,1-3H3/t8-,10-/m1/s1. The van der Waals surface area contributed by atoms with E-state index in [1.807, 2.05) is 6.92 Å². The Morgan fingerprint density at radius 1 is 1.67 bits per heavy atom. The Morgan fingerprint density at radius 3 is 2.83 bits per heavy atom. The highest BCUT2D eigenvalue weighted by molar-refractivity contribution is 5.77. The Morgan fingerprint density at radius 2 is 2.33 bits per heavy atom. The van der Waals surface area contributed by atoms with Gasteiger partial charge in [-0.2, -0.15) is 0 Å². The van der Waals surface area contributed by atoms with Crippen LogP contribution in [-0.4, -0.2) is 13.1 Å². The van der Waals surface area contributed by atoms with Crippen LogP contribution in [0.1, 0.15) is 26.7 Å². The van der Waals surface area contributed by atoms with Crippen LogP contribution in [0.5, 0.6) is 0 Å². The third-order valence-electron chi connectivity index (χ3n) is 2.91. The zero-order valence-corrected chi connectivity index (χ0v) is 7.96. The fraction of sp³-hybridized carbons (Fsp3) is 0.700. The number of hydrogen-bond acceptors (Lipinski definition) is 2. The molecule has 68 valence electrons. The summed E-state index contributed by atoms with van der Waals surface area (Å²) in [6.45, 7) is 4.04. The molecule has 2 heteroatoms. The van der Waals surface area contributed by atoms with Crippen molar-refractivity contribution in [1.82, 2.24) is 0 Å². The minimum atomic E-state index is -0.302. The van der Waals surface area contributed by atoms with Crippen LogP contribution < -0.4 is 0 Å². The van der Waals surface area contributed by atoms with Gasteiger partial charge in [-0.1, -0.05) is 19.1 Å². The Labute approximate surface area is 73.6 Å². The summed E-state index contributed by atoms with van der Waals surface area (Å²) >= 11 is 0. The van der Waals surface area contributed by atoms with Crippen LogP contribution in [0, 0.1) is 11.3 Å². The number of esters is 1. The summed E-state index contributed by atoms with van der Waals surface area (Å²) in [4.78, 5) is 11.4. The number of rotatable bonds is 1. The maximum absolute atomic E-state index is 11.4. The number of carbonyl (C=O) groups excluding carboxylic acids is 1. The summed E-state index contributed by atoms with van der Waals surface area (Å²) in [5, 5.41) is 0. The molecule has 1 aliphatic carbocycles. The second-order valence-electron chi connectivity index (χ2n) is 3.66. The average Bonchev–Trinajstić information content (AvgIpc) is 2.09. The molecule has 2 nitrogen and oxygen atoms in total. The Hall–Kier alpha value is -0.790. The smallest absolute Gasteiger partial charge is 0.312 e. The number of methoxy groups -OCH3 is 1. The van der Waals surface area contributed by atoms with E-state index in [0.29, 0.717) is 5.92 Å². The van der Waals surface area contributed by atoms with Crippen LogP contribution in [0.3, 0.4) is 0 Å². The van der Waals surface area contributed by atoms with Crippen molar-refractivity contribution in [3.05, 3.63) is 12.2 Å². The summed E-state index contributed by atoms with van der Waals surface area (Å²) in [5.41, 5.74) is -0.302. The van der Waals surface area contributed by atoms with Crippen LogP contribution in [-0.2, 0) is 9.53 Å². The zero-order valence-electron chi connectivity index (χ0n) is 7.96. The molecule has 12 heavy (non-hydrogen) atoms. The van der Waals surface area contributed by atoms with Crippen molar-refractivity contribution in [3.8, 4) is 0 Å². The molecule has 0 aromatic rings. The van der Waals surface area contributed by atoms with Gasteiger partial charge < -0.3 is 4.74 Å². The van der Waals surface area contributed by atoms with Gasteiger partial charge in [0.15, 0.2) is 0 Å². The van der Waals surface area contributed by atoms with Crippen molar-refractivity contribution in [2.24, 2.45) is 11.3 Å². The molecule has 0 aromatic carbocycles. The summed E-state index contributed by atoms with van der Waals surface area (Å²) in [5.74, 6) is 0.207. The lowest BCUT2D eigenvalue weighted by Crippen LogP contribution is -2.36. The van der Waals surface area contributed by atoms with Crippen LogP contribution in [0.4, 0.5) is 0 Å². The normalized spacial score (nSPS) is 34.8. The van der Waals surface area contributed by atoms with E-state index in [1.54, 1.807) is 0 Å². The van der Waals surface area contributed by atoms with Gasteiger partial charge in [0.2, 0.25) is 0 Å². The molecular weight excluding hydrogens is 152 g/mol. The summed E-state index contributed by atoms with van der Waals surface area (Å²) in [7, 11) is 1.46. The highest BCUT2D eigenvalue weighted by atomic mass is 16.5. The molecule has 0 heterocycles. The van der Waals surface area contributed by atoms with Crippen LogP contribution in [0.25, 0.3) is 0 Å². The van der Waals surface area contributed by atoms with E-state index in [9.17, 15) is 4.79 Å². The van der Waals surface area contributed by atoms with Gasteiger partial charge in [0.05, 0.1) is 12.5 Å². The Balaban J connectivity index is 2.82. The van der Waals surface area contributed by atoms with Crippen molar-refractivity contribution in [2.75, 3.05) is 7.11 Å². The Kier molecular flexibility index (Phi) is 2.55. The van der Waals surface area contributed by atoms with Gasteiger partial charge in [0.25, 0.3) is 0 Å². The first-order valence-electron chi connectivity index (χ1n) is 4.36. The highest BCUT2D eigenvalue weighted by Gasteiger charge is 2.39. The van der Waals surface area contributed by atoms with Crippen molar-refractivity contribution < 1.29 is 9.53 Å². The molecule has 0 radical (unpaired) electrons. The average molecular weight is 168 g/mol. The van der Waals surface area contributed by atoms with E-state index in [-0.39, 0.29) is 11.4 Å². The van der Waals surface area contributed by atoms with E-state index >= 15 is 0 Å². The zero-order chi connectivity index (χ0) is 9.19. The second-order valence-corrected chi connectivity index (χ2v) is 3.66. The van der Waals surface area contributed by atoms with Crippen molar-refractivity contribution in [3.63, 3.8) is 0 Å². The van der Waals surface area contributed by atoms with Gasteiger partial charge in [-0.25, -0.2) is 0 Å². The van der Waals surface area contributed by atoms with E-state index in [0.717, 1.165) is 12.8 Å². The molecule has 0 saturated carbocycles. The summed E-state index contributed by atoms with van der Waals surface area (Å²) in [6, 6.07) is 0. The molecule has 2 atom stereocenters. The van der Waals surface area contributed by atoms with Crippen molar-refractivity contribution >= 4 is 5.97 Å². The number of carbonyl (C=O) groups is 1. The molecule has 0 amide bonds. The predicted octanol–water partition coefficient (Wildman–Crippen LogP) is 2.15. The molecule has 1 rings (SSSR count). The minimum Gasteiger partial charge on any atom is -0.469 e. The first kappa shape index (κ1) is 9.30. The fourth-order valence-corrected chi connectivity index (χ4v) is 1.64. The third kappa shape index (κ3) is 1.38. The van der Waals surface area contributed by atoms with Gasteiger partial charge in [-0.15, -0.1) is 0 Å². The van der Waals surface area contributed by atoms with Gasteiger partial charge in [-0.05, 0) is 25.7 Å². The Bertz CT molecular complexity index is 208. The van der Waals surface area contributed by atoms with Gasteiger partial charge in [0, 0.05) is 0 Å². The molecule has 0 unspecified atom stereocenters. The summed E-state index contributed by atoms with van der Waals surface area (Å²) in [6.07, 6.45) is 6.11. The maximum Gasteiger partial charge on any atom is 0.312 e. The number of allylic oxidation sites excluding steroid dienone is 2. The van der Waals surface area contributed by atoms with E-state index in [2.05, 4.69) is 19.1 Å². The number of hydrogen-bond donors (Lipinski definition) is 0. The lowest BCUT2D eigenvalue weighted by molar-refractivity contribution is -0.154. The monoisotopic (exact) mass is 168 g/mol. The van der Waals surface area contributed by atoms with E-state index < -0.39 is 0 Å². The lowest BCUT2D eigenvalue weighted by Gasteiger charge is -2.33. The predicted molar refractivity (Wildman–Crippen MR) is 47.7 cm³/mol. The molecule has 0 aliphatic heterocycles. The molecule has 0 fully saturated rings. The van der Waals surface area contributed by atoms with Crippen LogP contribution in [0.15, 0.2) is 12.2 Å².